The smallest absolute Gasteiger partial charge is 0.321 e. The van der Waals surface area contributed by atoms with Crippen LogP contribution in [0.15, 0.2) is 12.7 Å². The molecule has 4 nitrogen and oxygen atoms in total. The monoisotopic (exact) mass is 190 g/mol. The van der Waals surface area contributed by atoms with Crippen molar-refractivity contribution in [2.45, 2.75) is 6.42 Å². The number of nitrogens with one attached hydrogen (secondary N) is 2. The molecule has 0 aromatic rings. The Morgan fingerprint density at radius 1 is 1.50 bits per heavy atom. The van der Waals surface area contributed by atoms with Crippen LogP contribution in [0, 0.1) is 0 Å². The lowest BCUT2D eigenvalue weighted by Gasteiger charge is -2.02. The number of imide groups is 1. The largest absolute Gasteiger partial charge is 0.334 e. The van der Waals surface area contributed by atoms with Gasteiger partial charge in [-0.3, -0.25) is 10.1 Å². The van der Waals surface area contributed by atoms with Crippen LogP contribution in [0.25, 0.3) is 0 Å². The van der Waals surface area contributed by atoms with Crippen molar-refractivity contribution in [2.75, 3.05) is 12.4 Å². The van der Waals surface area contributed by atoms with Crippen LogP contribution in [-0.2, 0) is 4.79 Å². The molecule has 0 radical (unpaired) electrons. The Labute approximate surface area is 76.0 Å². The van der Waals surface area contributed by atoms with Crippen molar-refractivity contribution in [3.63, 3.8) is 0 Å². The van der Waals surface area contributed by atoms with E-state index in [1.807, 2.05) is 0 Å². The summed E-state index contributed by atoms with van der Waals surface area (Å²) in [5.41, 5.74) is 0. The van der Waals surface area contributed by atoms with Gasteiger partial charge in [-0.1, -0.05) is 6.08 Å². The normalized spacial score (nSPS) is 8.75. The Balaban J connectivity index is 3.54. The lowest BCUT2D eigenvalue weighted by Crippen LogP contribution is -2.39. The zero-order valence-electron chi connectivity index (χ0n) is 6.60. The molecule has 0 aliphatic rings. The van der Waals surface area contributed by atoms with Gasteiger partial charge < -0.3 is 5.32 Å². The van der Waals surface area contributed by atoms with Gasteiger partial charge >= 0.3 is 6.03 Å². The van der Waals surface area contributed by atoms with E-state index in [1.54, 1.807) is 0 Å². The number of amides is 3. The molecule has 0 spiro atoms. The van der Waals surface area contributed by atoms with Crippen LogP contribution < -0.4 is 10.6 Å². The van der Waals surface area contributed by atoms with Gasteiger partial charge in [0.1, 0.15) is 0 Å². The number of alkyl halides is 1. The van der Waals surface area contributed by atoms with Crippen molar-refractivity contribution >= 4 is 23.5 Å². The first-order chi connectivity index (χ1) is 5.70. The van der Waals surface area contributed by atoms with Crippen molar-refractivity contribution in [1.82, 2.24) is 10.6 Å². The minimum Gasteiger partial charge on any atom is -0.334 e. The first-order valence-electron chi connectivity index (χ1n) is 3.45. The molecule has 0 unspecified atom stereocenters. The minimum absolute atomic E-state index is 0.142. The average molecular weight is 191 g/mol. The Bertz CT molecular complexity index is 182. The third kappa shape index (κ3) is 5.73. The fourth-order valence-corrected chi connectivity index (χ4v) is 0.656. The summed E-state index contributed by atoms with van der Waals surface area (Å²) < 4.78 is 0. The van der Waals surface area contributed by atoms with Crippen molar-refractivity contribution in [1.29, 1.82) is 0 Å². The fourth-order valence-electron chi connectivity index (χ4n) is 0.484. The zero-order chi connectivity index (χ0) is 9.40. The van der Waals surface area contributed by atoms with E-state index < -0.39 is 6.03 Å². The molecular weight excluding hydrogens is 180 g/mol. The van der Waals surface area contributed by atoms with Crippen LogP contribution in [0.4, 0.5) is 4.79 Å². The van der Waals surface area contributed by atoms with Gasteiger partial charge in [0.2, 0.25) is 5.91 Å². The standard InChI is InChI=1S/C7H11ClN2O2/c1-2-5-9-7(12)10-6(11)3-4-8/h2H,1,3-5H2,(H2,9,10,11,12). The van der Waals surface area contributed by atoms with Gasteiger partial charge in [0.15, 0.2) is 0 Å². The van der Waals surface area contributed by atoms with Gasteiger partial charge in [-0.05, 0) is 0 Å². The maximum atomic E-state index is 10.8. The summed E-state index contributed by atoms with van der Waals surface area (Å²) in [5.74, 6) is -0.174. The summed E-state index contributed by atoms with van der Waals surface area (Å²) in [6.45, 7) is 3.73. The molecule has 5 heteroatoms. The summed E-state index contributed by atoms with van der Waals surface area (Å²) in [7, 11) is 0. The number of halogens is 1. The molecule has 0 aromatic heterocycles. The number of urea groups is 1. The second-order valence-electron chi connectivity index (χ2n) is 1.99. The Kier molecular flexibility index (Phi) is 6.09. The topological polar surface area (TPSA) is 58.2 Å². The van der Waals surface area contributed by atoms with Crippen molar-refractivity contribution < 1.29 is 9.59 Å². The molecule has 68 valence electrons. The summed E-state index contributed by atoms with van der Waals surface area (Å²) in [6, 6.07) is -0.523. The maximum Gasteiger partial charge on any atom is 0.321 e. The summed E-state index contributed by atoms with van der Waals surface area (Å²) in [5, 5.41) is 4.48. The van der Waals surface area contributed by atoms with Gasteiger partial charge in [-0.2, -0.15) is 0 Å². The van der Waals surface area contributed by atoms with E-state index >= 15 is 0 Å². The van der Waals surface area contributed by atoms with Gasteiger partial charge in [-0.25, -0.2) is 4.79 Å². The first kappa shape index (κ1) is 11.0. The molecule has 0 rings (SSSR count). The van der Waals surface area contributed by atoms with Crippen LogP contribution in [0.2, 0.25) is 0 Å². The number of carbonyl (C=O) groups is 2. The highest BCUT2D eigenvalue weighted by molar-refractivity contribution is 6.19. The molecular formula is C7H11ClN2O2. The summed E-state index contributed by atoms with van der Waals surface area (Å²) in [6.07, 6.45) is 1.66. The lowest BCUT2D eigenvalue weighted by atomic mass is 10.4. The zero-order valence-corrected chi connectivity index (χ0v) is 7.36. The van der Waals surface area contributed by atoms with Crippen molar-refractivity contribution in [3.05, 3.63) is 12.7 Å². The van der Waals surface area contributed by atoms with E-state index in [9.17, 15) is 9.59 Å². The Morgan fingerprint density at radius 3 is 2.67 bits per heavy atom. The maximum absolute atomic E-state index is 10.8. The van der Waals surface area contributed by atoms with E-state index in [0.717, 1.165) is 0 Å². The quantitative estimate of drug-likeness (QED) is 0.505. The van der Waals surface area contributed by atoms with E-state index in [-0.39, 0.29) is 18.2 Å². The molecule has 0 fully saturated rings. The van der Waals surface area contributed by atoms with Gasteiger partial charge in [0, 0.05) is 18.8 Å². The highest BCUT2D eigenvalue weighted by Crippen LogP contribution is 1.83. The fraction of sp³-hybridized carbons (Fsp3) is 0.429. The molecule has 0 atom stereocenters. The van der Waals surface area contributed by atoms with Crippen molar-refractivity contribution in [2.24, 2.45) is 0 Å². The van der Waals surface area contributed by atoms with Gasteiger partial charge in [-0.15, -0.1) is 18.2 Å². The molecule has 12 heavy (non-hydrogen) atoms. The SMILES string of the molecule is C=CCNC(=O)NC(=O)CCCl. The lowest BCUT2D eigenvalue weighted by molar-refractivity contribution is -0.119. The molecule has 0 aliphatic heterocycles. The average Bonchev–Trinajstić information content (AvgIpc) is 2.01. The molecule has 2 N–H and O–H groups in total. The van der Waals surface area contributed by atoms with Gasteiger partial charge in [0.25, 0.3) is 0 Å². The highest BCUT2D eigenvalue weighted by atomic mass is 35.5. The predicted octanol–water partition coefficient (Wildman–Crippen LogP) is 0.627. The van der Waals surface area contributed by atoms with E-state index in [0.29, 0.717) is 6.54 Å². The van der Waals surface area contributed by atoms with E-state index in [4.69, 9.17) is 11.6 Å². The molecule has 0 saturated heterocycles. The van der Waals surface area contributed by atoms with Gasteiger partial charge in [0.05, 0.1) is 0 Å². The third-order valence-corrected chi connectivity index (χ3v) is 1.17. The Hall–Kier alpha value is -1.03. The van der Waals surface area contributed by atoms with Crippen LogP contribution in [0.5, 0.6) is 0 Å². The molecule has 0 heterocycles. The molecule has 3 amide bonds. The van der Waals surface area contributed by atoms with E-state index in [2.05, 4.69) is 17.2 Å². The summed E-state index contributed by atoms with van der Waals surface area (Å²) >= 11 is 5.28. The van der Waals surface area contributed by atoms with Crippen LogP contribution in [0.1, 0.15) is 6.42 Å². The third-order valence-electron chi connectivity index (χ3n) is 0.981. The highest BCUT2D eigenvalue weighted by Gasteiger charge is 2.04. The molecule has 0 bridgehead atoms. The van der Waals surface area contributed by atoms with Crippen molar-refractivity contribution in [3.8, 4) is 0 Å². The first-order valence-corrected chi connectivity index (χ1v) is 3.98. The number of rotatable bonds is 4. The number of hydrogen-bond donors (Lipinski definition) is 2. The van der Waals surface area contributed by atoms with E-state index in [1.165, 1.54) is 6.08 Å². The number of carbonyl (C=O) groups excluding carboxylic acids is 2. The Morgan fingerprint density at radius 2 is 2.17 bits per heavy atom. The predicted molar refractivity (Wildman–Crippen MR) is 47.1 cm³/mol. The van der Waals surface area contributed by atoms with Crippen LogP contribution in [0.3, 0.4) is 0 Å². The number of hydrogen-bond acceptors (Lipinski definition) is 2. The van der Waals surface area contributed by atoms with Crippen LogP contribution >= 0.6 is 11.6 Å². The minimum atomic E-state index is -0.523. The molecule has 0 saturated carbocycles. The molecule has 0 aliphatic carbocycles. The second kappa shape index (κ2) is 6.67. The van der Waals surface area contributed by atoms with Crippen LogP contribution in [-0.4, -0.2) is 24.4 Å². The molecule has 0 aromatic carbocycles. The second-order valence-corrected chi connectivity index (χ2v) is 2.36. The summed E-state index contributed by atoms with van der Waals surface area (Å²) in [4.78, 5) is 21.5.